The monoisotopic (exact) mass is 262 g/mol. The van der Waals surface area contributed by atoms with Crippen LogP contribution in [0, 0.1) is 0 Å². The van der Waals surface area contributed by atoms with E-state index < -0.39 is 11.9 Å². The van der Waals surface area contributed by atoms with Crippen molar-refractivity contribution in [3.05, 3.63) is 23.8 Å². The molecule has 19 heavy (non-hydrogen) atoms. The summed E-state index contributed by atoms with van der Waals surface area (Å²) in [5, 5.41) is 2.76. The van der Waals surface area contributed by atoms with Crippen molar-refractivity contribution >= 4 is 29.2 Å². The first-order valence-corrected chi connectivity index (χ1v) is 5.81. The number of nitrogens with one attached hydrogen (secondary N) is 1. The summed E-state index contributed by atoms with van der Waals surface area (Å²) in [6.45, 7) is 0. The van der Waals surface area contributed by atoms with Crippen molar-refractivity contribution in [1.29, 1.82) is 0 Å². The Bertz CT molecular complexity index is 554. The fourth-order valence-electron chi connectivity index (χ4n) is 1.92. The lowest BCUT2D eigenvalue weighted by Gasteiger charge is -2.21. The molecule has 1 aliphatic heterocycles. The summed E-state index contributed by atoms with van der Waals surface area (Å²) in [7, 11) is 2.67. The molecule has 0 saturated carbocycles. The topological polar surface area (TPSA) is 75.7 Å². The van der Waals surface area contributed by atoms with Gasteiger partial charge in [0.05, 0.1) is 7.11 Å². The van der Waals surface area contributed by atoms with Crippen LogP contribution in [0.15, 0.2) is 18.2 Å². The SMILES string of the molecule is COC(=O)C(=O)N(C)c1ccc2c(c1)CCC(=O)N2. The first kappa shape index (κ1) is 13.1. The minimum atomic E-state index is -0.909. The van der Waals surface area contributed by atoms with Crippen molar-refractivity contribution in [3.63, 3.8) is 0 Å². The number of rotatable bonds is 1. The number of likely N-dealkylation sites (N-methyl/N-ethyl adjacent to an activating group) is 1. The summed E-state index contributed by atoms with van der Waals surface area (Å²) < 4.78 is 4.39. The van der Waals surface area contributed by atoms with Crippen molar-refractivity contribution < 1.29 is 19.1 Å². The van der Waals surface area contributed by atoms with Gasteiger partial charge in [-0.2, -0.15) is 0 Å². The van der Waals surface area contributed by atoms with Crippen LogP contribution < -0.4 is 10.2 Å². The molecule has 1 aliphatic rings. The molecule has 0 bridgehead atoms. The Balaban J connectivity index is 2.25. The summed E-state index contributed by atoms with van der Waals surface area (Å²) >= 11 is 0. The van der Waals surface area contributed by atoms with Crippen LogP contribution in [0.25, 0.3) is 0 Å². The van der Waals surface area contributed by atoms with Crippen molar-refractivity contribution in [2.75, 3.05) is 24.4 Å². The minimum Gasteiger partial charge on any atom is -0.462 e. The average Bonchev–Trinajstić information content (AvgIpc) is 2.44. The van der Waals surface area contributed by atoms with Gasteiger partial charge in [-0.25, -0.2) is 4.79 Å². The Morgan fingerprint density at radius 1 is 1.32 bits per heavy atom. The van der Waals surface area contributed by atoms with Gasteiger partial charge in [0.2, 0.25) is 5.91 Å². The van der Waals surface area contributed by atoms with E-state index in [0.29, 0.717) is 18.5 Å². The molecule has 1 aromatic rings. The van der Waals surface area contributed by atoms with Gasteiger partial charge in [-0.1, -0.05) is 0 Å². The molecule has 0 atom stereocenters. The van der Waals surface area contributed by atoms with Gasteiger partial charge in [0.25, 0.3) is 0 Å². The van der Waals surface area contributed by atoms with Crippen molar-refractivity contribution in [3.8, 4) is 0 Å². The molecule has 1 aromatic carbocycles. The third-order valence-corrected chi connectivity index (χ3v) is 3.04. The quantitative estimate of drug-likeness (QED) is 0.597. The normalized spacial score (nSPS) is 13.3. The highest BCUT2D eigenvalue weighted by Gasteiger charge is 2.22. The second-order valence-corrected chi connectivity index (χ2v) is 4.25. The maximum atomic E-state index is 11.7. The maximum absolute atomic E-state index is 11.7. The average molecular weight is 262 g/mol. The number of esters is 1. The van der Waals surface area contributed by atoms with E-state index in [1.165, 1.54) is 11.9 Å². The summed E-state index contributed by atoms with van der Waals surface area (Å²) in [6, 6.07) is 5.18. The molecule has 2 amide bonds. The molecule has 6 heteroatoms. The predicted molar refractivity (Wildman–Crippen MR) is 68.8 cm³/mol. The van der Waals surface area contributed by atoms with Crippen LogP contribution in [0.2, 0.25) is 0 Å². The van der Waals surface area contributed by atoms with Crippen LogP contribution in [0.3, 0.4) is 0 Å². The molecule has 0 unspecified atom stereocenters. The first-order valence-electron chi connectivity index (χ1n) is 5.81. The number of anilines is 2. The molecule has 0 fully saturated rings. The van der Waals surface area contributed by atoms with E-state index in [1.807, 2.05) is 0 Å². The highest BCUT2D eigenvalue weighted by atomic mass is 16.5. The first-order chi connectivity index (χ1) is 9.02. The number of fused-ring (bicyclic) bond motifs is 1. The van der Waals surface area contributed by atoms with Crippen molar-refractivity contribution in [2.45, 2.75) is 12.8 Å². The summed E-state index contributed by atoms with van der Waals surface area (Å²) in [6.07, 6.45) is 1.04. The Morgan fingerprint density at radius 2 is 2.05 bits per heavy atom. The maximum Gasteiger partial charge on any atom is 0.397 e. The van der Waals surface area contributed by atoms with Crippen LogP contribution in [0.1, 0.15) is 12.0 Å². The van der Waals surface area contributed by atoms with Gasteiger partial charge >= 0.3 is 11.9 Å². The highest BCUT2D eigenvalue weighted by Crippen LogP contribution is 2.27. The molecule has 0 aliphatic carbocycles. The fourth-order valence-corrected chi connectivity index (χ4v) is 1.92. The largest absolute Gasteiger partial charge is 0.462 e. The zero-order valence-corrected chi connectivity index (χ0v) is 10.7. The lowest BCUT2D eigenvalue weighted by Crippen LogP contribution is -2.34. The lowest BCUT2D eigenvalue weighted by molar-refractivity contribution is -0.151. The van der Waals surface area contributed by atoms with Crippen LogP contribution in [0.5, 0.6) is 0 Å². The van der Waals surface area contributed by atoms with E-state index in [1.54, 1.807) is 18.2 Å². The predicted octanol–water partition coefficient (Wildman–Crippen LogP) is 0.707. The molecular weight excluding hydrogens is 248 g/mol. The third kappa shape index (κ3) is 2.57. The summed E-state index contributed by atoms with van der Waals surface area (Å²) in [4.78, 5) is 35.3. The number of amides is 2. The highest BCUT2D eigenvalue weighted by molar-refractivity contribution is 6.37. The van der Waals surface area contributed by atoms with Crippen molar-refractivity contribution in [1.82, 2.24) is 0 Å². The lowest BCUT2D eigenvalue weighted by atomic mass is 10.0. The number of aryl methyl sites for hydroxylation is 1. The molecular formula is C13H14N2O4. The van der Waals surface area contributed by atoms with E-state index in [-0.39, 0.29) is 5.91 Å². The van der Waals surface area contributed by atoms with Gasteiger partial charge in [-0.05, 0) is 30.2 Å². The Kier molecular flexibility index (Phi) is 3.50. The zero-order valence-electron chi connectivity index (χ0n) is 10.7. The third-order valence-electron chi connectivity index (χ3n) is 3.04. The van der Waals surface area contributed by atoms with Gasteiger partial charge in [0.1, 0.15) is 0 Å². The second kappa shape index (κ2) is 5.09. The standard InChI is InChI=1S/C13H14N2O4/c1-15(12(17)13(18)19-2)9-4-5-10-8(7-9)3-6-11(16)14-10/h4-5,7H,3,6H2,1-2H3,(H,14,16). The molecule has 100 valence electrons. The van der Waals surface area contributed by atoms with E-state index in [9.17, 15) is 14.4 Å². The number of hydrogen-bond acceptors (Lipinski definition) is 4. The Labute approximate surface area is 110 Å². The molecule has 0 spiro atoms. The fraction of sp³-hybridized carbons (Fsp3) is 0.308. The molecule has 6 nitrogen and oxygen atoms in total. The van der Waals surface area contributed by atoms with E-state index in [2.05, 4.69) is 10.1 Å². The molecule has 0 saturated heterocycles. The number of carbonyl (C=O) groups excluding carboxylic acids is 3. The second-order valence-electron chi connectivity index (χ2n) is 4.25. The summed E-state index contributed by atoms with van der Waals surface area (Å²) in [5.41, 5.74) is 2.28. The number of hydrogen-bond donors (Lipinski definition) is 1. The zero-order chi connectivity index (χ0) is 14.0. The molecule has 2 rings (SSSR count). The number of ether oxygens (including phenoxy) is 1. The van der Waals surface area contributed by atoms with Gasteiger partial charge < -0.3 is 15.0 Å². The van der Waals surface area contributed by atoms with Gasteiger partial charge in [-0.15, -0.1) is 0 Å². The Hall–Kier alpha value is -2.37. The number of nitrogens with zero attached hydrogens (tertiary/aromatic N) is 1. The molecule has 0 radical (unpaired) electrons. The van der Waals surface area contributed by atoms with Crippen molar-refractivity contribution in [2.24, 2.45) is 0 Å². The van der Waals surface area contributed by atoms with Gasteiger partial charge in [0, 0.05) is 24.8 Å². The van der Waals surface area contributed by atoms with Crippen LogP contribution in [0.4, 0.5) is 11.4 Å². The number of carbonyl (C=O) groups is 3. The summed E-state index contributed by atoms with van der Waals surface area (Å²) in [5.74, 6) is -1.66. The minimum absolute atomic E-state index is 0.0146. The van der Waals surface area contributed by atoms with Gasteiger partial charge in [-0.3, -0.25) is 9.59 Å². The van der Waals surface area contributed by atoms with Gasteiger partial charge in [0.15, 0.2) is 0 Å². The molecule has 0 aromatic heterocycles. The van der Waals surface area contributed by atoms with Crippen LogP contribution in [-0.4, -0.2) is 31.9 Å². The van der Waals surface area contributed by atoms with E-state index >= 15 is 0 Å². The smallest absolute Gasteiger partial charge is 0.397 e. The van der Waals surface area contributed by atoms with Crippen LogP contribution in [-0.2, 0) is 25.5 Å². The van der Waals surface area contributed by atoms with Crippen LogP contribution >= 0.6 is 0 Å². The number of methoxy groups -OCH3 is 1. The molecule has 1 N–H and O–H groups in total. The van der Waals surface area contributed by atoms with E-state index in [0.717, 1.165) is 18.4 Å². The Morgan fingerprint density at radius 3 is 2.74 bits per heavy atom. The number of benzene rings is 1. The van der Waals surface area contributed by atoms with E-state index in [4.69, 9.17) is 0 Å². The molecule has 1 heterocycles.